The van der Waals surface area contributed by atoms with Gasteiger partial charge in [-0.2, -0.15) is 0 Å². The van der Waals surface area contributed by atoms with E-state index in [-0.39, 0.29) is 11.8 Å². The van der Waals surface area contributed by atoms with Gasteiger partial charge in [-0.25, -0.2) is 13.1 Å². The minimum Gasteiger partial charge on any atom is -0.493 e. The van der Waals surface area contributed by atoms with Gasteiger partial charge in [0.15, 0.2) is 11.5 Å². The topological polar surface area (TPSA) is 64.6 Å². The maximum Gasteiger partial charge on any atom is 0.216 e. The molecule has 5 nitrogen and oxygen atoms in total. The third kappa shape index (κ3) is 4.96. The van der Waals surface area contributed by atoms with E-state index in [4.69, 9.17) is 9.47 Å². The second-order valence-electron chi connectivity index (χ2n) is 5.34. The van der Waals surface area contributed by atoms with E-state index in [1.807, 2.05) is 18.2 Å². The van der Waals surface area contributed by atoms with Crippen molar-refractivity contribution in [2.75, 3.05) is 14.2 Å². The molecule has 0 amide bonds. The standard InChI is InChI=1S/C17H20BrNO4S/c1-12(14-6-9-16(22-2)17(10-14)23-3)19-24(20,21)11-13-4-7-15(18)8-5-13/h4-10,12,19H,11H2,1-3H3/t12-/m1/s1. The van der Waals surface area contributed by atoms with Gasteiger partial charge >= 0.3 is 0 Å². The predicted octanol–water partition coefficient (Wildman–Crippen LogP) is 3.65. The second-order valence-corrected chi connectivity index (χ2v) is 8.01. The Labute approximate surface area is 151 Å². The molecule has 0 fully saturated rings. The van der Waals surface area contributed by atoms with E-state index in [0.29, 0.717) is 11.5 Å². The number of methoxy groups -OCH3 is 2. The van der Waals surface area contributed by atoms with Gasteiger partial charge < -0.3 is 9.47 Å². The molecule has 0 spiro atoms. The van der Waals surface area contributed by atoms with Crippen LogP contribution in [-0.2, 0) is 15.8 Å². The molecule has 0 unspecified atom stereocenters. The summed E-state index contributed by atoms with van der Waals surface area (Å²) in [6, 6.07) is 12.2. The van der Waals surface area contributed by atoms with Crippen LogP contribution in [0.5, 0.6) is 11.5 Å². The van der Waals surface area contributed by atoms with E-state index in [1.165, 1.54) is 0 Å². The summed E-state index contributed by atoms with van der Waals surface area (Å²) in [6.45, 7) is 1.79. The van der Waals surface area contributed by atoms with Crippen molar-refractivity contribution >= 4 is 26.0 Å². The van der Waals surface area contributed by atoms with Crippen LogP contribution >= 0.6 is 15.9 Å². The van der Waals surface area contributed by atoms with E-state index >= 15 is 0 Å². The molecule has 24 heavy (non-hydrogen) atoms. The molecule has 130 valence electrons. The highest BCUT2D eigenvalue weighted by atomic mass is 79.9. The lowest BCUT2D eigenvalue weighted by molar-refractivity contribution is 0.354. The molecule has 7 heteroatoms. The van der Waals surface area contributed by atoms with Crippen molar-refractivity contribution in [3.05, 3.63) is 58.1 Å². The van der Waals surface area contributed by atoms with Crippen molar-refractivity contribution in [2.24, 2.45) is 0 Å². The van der Waals surface area contributed by atoms with Crippen molar-refractivity contribution in [3.63, 3.8) is 0 Å². The summed E-state index contributed by atoms with van der Waals surface area (Å²) in [5.74, 6) is 1.10. The number of hydrogen-bond donors (Lipinski definition) is 1. The Morgan fingerprint density at radius 1 is 1.04 bits per heavy atom. The normalized spacial score (nSPS) is 12.7. The first-order valence-corrected chi connectivity index (χ1v) is 9.75. The summed E-state index contributed by atoms with van der Waals surface area (Å²) in [4.78, 5) is 0. The van der Waals surface area contributed by atoms with Crippen LogP contribution in [0.2, 0.25) is 0 Å². The fourth-order valence-corrected chi connectivity index (χ4v) is 3.95. The molecule has 1 atom stereocenters. The molecule has 0 aromatic heterocycles. The maximum atomic E-state index is 12.4. The lowest BCUT2D eigenvalue weighted by Crippen LogP contribution is -2.28. The summed E-state index contributed by atoms with van der Waals surface area (Å²) in [6.07, 6.45) is 0. The van der Waals surface area contributed by atoms with E-state index in [2.05, 4.69) is 20.7 Å². The average molecular weight is 414 g/mol. The Hall–Kier alpha value is -1.57. The minimum atomic E-state index is -3.47. The number of hydrogen-bond acceptors (Lipinski definition) is 4. The molecule has 1 N–H and O–H groups in total. The molecule has 0 radical (unpaired) electrons. The van der Waals surface area contributed by atoms with Crippen LogP contribution in [0.15, 0.2) is 46.9 Å². The number of sulfonamides is 1. The van der Waals surface area contributed by atoms with Gasteiger partial charge in [0.1, 0.15) is 0 Å². The molecule has 0 heterocycles. The van der Waals surface area contributed by atoms with Gasteiger partial charge in [-0.1, -0.05) is 34.1 Å². The molecule has 0 aliphatic carbocycles. The van der Waals surface area contributed by atoms with Gasteiger partial charge in [0.05, 0.1) is 20.0 Å². The summed E-state index contributed by atoms with van der Waals surface area (Å²) in [5, 5.41) is 0. The second kappa shape index (κ2) is 8.00. The molecular weight excluding hydrogens is 394 g/mol. The van der Waals surface area contributed by atoms with Crippen LogP contribution in [-0.4, -0.2) is 22.6 Å². The number of nitrogens with one attached hydrogen (secondary N) is 1. The first-order chi connectivity index (χ1) is 11.3. The summed E-state index contributed by atoms with van der Waals surface area (Å²) in [7, 11) is -0.364. The summed E-state index contributed by atoms with van der Waals surface area (Å²) >= 11 is 3.33. The highest BCUT2D eigenvalue weighted by molar-refractivity contribution is 9.10. The van der Waals surface area contributed by atoms with Crippen molar-refractivity contribution < 1.29 is 17.9 Å². The zero-order chi connectivity index (χ0) is 17.7. The number of benzene rings is 2. The van der Waals surface area contributed by atoms with Gasteiger partial charge in [-0.05, 0) is 42.3 Å². The molecule has 0 aliphatic heterocycles. The van der Waals surface area contributed by atoms with Gasteiger partial charge in [-0.3, -0.25) is 0 Å². The van der Waals surface area contributed by atoms with Gasteiger partial charge in [-0.15, -0.1) is 0 Å². The van der Waals surface area contributed by atoms with Crippen LogP contribution in [0, 0.1) is 0 Å². The molecule has 2 rings (SSSR count). The Morgan fingerprint density at radius 3 is 2.25 bits per heavy atom. The number of ether oxygens (including phenoxy) is 2. The molecule has 0 saturated carbocycles. The zero-order valence-corrected chi connectivity index (χ0v) is 16.1. The zero-order valence-electron chi connectivity index (χ0n) is 13.7. The number of rotatable bonds is 7. The van der Waals surface area contributed by atoms with Gasteiger partial charge in [0, 0.05) is 10.5 Å². The Morgan fingerprint density at radius 2 is 1.67 bits per heavy atom. The highest BCUT2D eigenvalue weighted by Crippen LogP contribution is 2.30. The lowest BCUT2D eigenvalue weighted by atomic mass is 10.1. The van der Waals surface area contributed by atoms with E-state index in [1.54, 1.807) is 45.4 Å². The lowest BCUT2D eigenvalue weighted by Gasteiger charge is -2.17. The Balaban J connectivity index is 2.12. The monoisotopic (exact) mass is 413 g/mol. The fourth-order valence-electron chi connectivity index (χ4n) is 2.30. The quantitative estimate of drug-likeness (QED) is 0.752. The van der Waals surface area contributed by atoms with Crippen molar-refractivity contribution in [1.82, 2.24) is 4.72 Å². The molecular formula is C17H20BrNO4S. The minimum absolute atomic E-state index is 0.0715. The maximum absolute atomic E-state index is 12.4. The average Bonchev–Trinajstić information content (AvgIpc) is 2.55. The first-order valence-electron chi connectivity index (χ1n) is 7.31. The molecule has 2 aromatic rings. The molecule has 0 saturated heterocycles. The predicted molar refractivity (Wildman–Crippen MR) is 97.9 cm³/mol. The Kier molecular flexibility index (Phi) is 6.26. The third-order valence-electron chi connectivity index (χ3n) is 3.53. The number of halogens is 1. The van der Waals surface area contributed by atoms with Crippen molar-refractivity contribution in [1.29, 1.82) is 0 Å². The summed E-state index contributed by atoms with van der Waals surface area (Å²) < 4.78 is 38.8. The van der Waals surface area contributed by atoms with Gasteiger partial charge in [0.2, 0.25) is 10.0 Å². The summed E-state index contributed by atoms with van der Waals surface area (Å²) in [5.41, 5.74) is 1.53. The largest absolute Gasteiger partial charge is 0.493 e. The smallest absolute Gasteiger partial charge is 0.216 e. The van der Waals surface area contributed by atoms with Crippen LogP contribution in [0.3, 0.4) is 0 Å². The first kappa shape index (κ1) is 18.8. The van der Waals surface area contributed by atoms with E-state index in [0.717, 1.165) is 15.6 Å². The molecule has 0 aliphatic rings. The molecule has 0 bridgehead atoms. The van der Waals surface area contributed by atoms with Crippen LogP contribution in [0.1, 0.15) is 24.1 Å². The Bertz CT molecular complexity index is 791. The SMILES string of the molecule is COc1ccc([C@@H](C)NS(=O)(=O)Cc2ccc(Br)cc2)cc1OC. The van der Waals surface area contributed by atoms with Crippen molar-refractivity contribution in [3.8, 4) is 11.5 Å². The highest BCUT2D eigenvalue weighted by Gasteiger charge is 2.18. The van der Waals surface area contributed by atoms with Crippen LogP contribution in [0.4, 0.5) is 0 Å². The van der Waals surface area contributed by atoms with Gasteiger partial charge in [0.25, 0.3) is 0 Å². The van der Waals surface area contributed by atoms with Crippen molar-refractivity contribution in [2.45, 2.75) is 18.7 Å². The van der Waals surface area contributed by atoms with E-state index < -0.39 is 10.0 Å². The molecule has 2 aromatic carbocycles. The van der Waals surface area contributed by atoms with Crippen LogP contribution in [0.25, 0.3) is 0 Å². The van der Waals surface area contributed by atoms with Crippen LogP contribution < -0.4 is 14.2 Å². The fraction of sp³-hybridized carbons (Fsp3) is 0.294. The van der Waals surface area contributed by atoms with E-state index in [9.17, 15) is 8.42 Å². The third-order valence-corrected chi connectivity index (χ3v) is 5.49.